The molecule has 4 atom stereocenters. The van der Waals surface area contributed by atoms with Crippen molar-refractivity contribution in [1.82, 2.24) is 0 Å². The Morgan fingerprint density at radius 3 is 2.25 bits per heavy atom. The largest absolute Gasteiger partial charge is 0.394 e. The molecule has 1 heterocycles. The predicted octanol–water partition coefficient (Wildman–Crippen LogP) is -0.632. The molecular formula is C11H20O5. The van der Waals surface area contributed by atoms with Gasteiger partial charge in [0.2, 0.25) is 0 Å². The minimum atomic E-state index is -1.69. The zero-order valence-corrected chi connectivity index (χ0v) is 9.25. The Kier molecular flexibility index (Phi) is 3.51. The van der Waals surface area contributed by atoms with Gasteiger partial charge in [0.1, 0.15) is 18.3 Å². The van der Waals surface area contributed by atoms with Crippen LogP contribution < -0.4 is 0 Å². The van der Waals surface area contributed by atoms with Crippen LogP contribution in [0.5, 0.6) is 0 Å². The van der Waals surface area contributed by atoms with E-state index >= 15 is 0 Å². The molecule has 1 saturated carbocycles. The molecule has 1 aliphatic heterocycles. The normalized spacial score (nSPS) is 46.1. The highest BCUT2D eigenvalue weighted by Gasteiger charge is 2.56. The van der Waals surface area contributed by atoms with Crippen molar-refractivity contribution in [2.45, 2.75) is 56.2 Å². The van der Waals surface area contributed by atoms with Gasteiger partial charge < -0.3 is 25.2 Å². The molecule has 2 aliphatic rings. The molecule has 0 radical (unpaired) electrons. The van der Waals surface area contributed by atoms with E-state index in [1.807, 2.05) is 0 Å². The smallest absolute Gasteiger partial charge is 0.198 e. The molecular weight excluding hydrogens is 212 g/mol. The number of aliphatic hydroxyl groups excluding tert-OH is 3. The van der Waals surface area contributed by atoms with E-state index in [0.29, 0.717) is 0 Å². The molecule has 2 fully saturated rings. The van der Waals surface area contributed by atoms with E-state index in [1.165, 1.54) is 0 Å². The van der Waals surface area contributed by atoms with Crippen LogP contribution in [0.2, 0.25) is 0 Å². The Bertz CT molecular complexity index is 241. The SMILES string of the molecule is OC[C@H]1OC(O)(C2CCCCC2)[C@H](O)[C@H]1O. The third kappa shape index (κ3) is 1.87. The quantitative estimate of drug-likeness (QED) is 0.509. The monoisotopic (exact) mass is 232 g/mol. The fraction of sp³-hybridized carbons (Fsp3) is 1.00. The highest BCUT2D eigenvalue weighted by Crippen LogP contribution is 2.41. The van der Waals surface area contributed by atoms with Gasteiger partial charge in [0, 0.05) is 5.92 Å². The Balaban J connectivity index is 2.11. The summed E-state index contributed by atoms with van der Waals surface area (Å²) in [5.74, 6) is -1.84. The van der Waals surface area contributed by atoms with Crippen LogP contribution in [0.1, 0.15) is 32.1 Å². The van der Waals surface area contributed by atoms with Crippen LogP contribution in [0.4, 0.5) is 0 Å². The number of hydrogen-bond donors (Lipinski definition) is 4. The van der Waals surface area contributed by atoms with Crippen molar-refractivity contribution in [2.75, 3.05) is 6.61 Å². The van der Waals surface area contributed by atoms with Gasteiger partial charge in [-0.3, -0.25) is 0 Å². The summed E-state index contributed by atoms with van der Waals surface area (Å²) in [5, 5.41) is 38.8. The summed E-state index contributed by atoms with van der Waals surface area (Å²) in [6.07, 6.45) is 1.30. The fourth-order valence-corrected chi connectivity index (χ4v) is 2.83. The summed E-state index contributed by atoms with van der Waals surface area (Å²) in [4.78, 5) is 0. The lowest BCUT2D eigenvalue weighted by Crippen LogP contribution is -2.49. The maximum Gasteiger partial charge on any atom is 0.198 e. The van der Waals surface area contributed by atoms with Gasteiger partial charge in [0.15, 0.2) is 5.79 Å². The summed E-state index contributed by atoms with van der Waals surface area (Å²) in [5.41, 5.74) is 0. The Hall–Kier alpha value is -0.200. The molecule has 1 saturated heterocycles. The van der Waals surface area contributed by atoms with E-state index in [-0.39, 0.29) is 5.92 Å². The Morgan fingerprint density at radius 2 is 1.75 bits per heavy atom. The number of aliphatic hydroxyl groups is 4. The average Bonchev–Trinajstić information content (AvgIpc) is 2.56. The molecule has 94 valence electrons. The third-order valence-electron chi connectivity index (χ3n) is 3.84. The highest BCUT2D eigenvalue weighted by molar-refractivity contribution is 4.99. The Morgan fingerprint density at radius 1 is 1.12 bits per heavy atom. The highest BCUT2D eigenvalue weighted by atomic mass is 16.7. The molecule has 2 rings (SSSR count). The molecule has 5 nitrogen and oxygen atoms in total. The number of hydrogen-bond acceptors (Lipinski definition) is 5. The van der Waals surface area contributed by atoms with Crippen molar-refractivity contribution in [3.63, 3.8) is 0 Å². The summed E-state index contributed by atoms with van der Waals surface area (Å²) < 4.78 is 5.27. The van der Waals surface area contributed by atoms with Gasteiger partial charge in [-0.25, -0.2) is 0 Å². The molecule has 5 heteroatoms. The van der Waals surface area contributed by atoms with Crippen molar-refractivity contribution in [1.29, 1.82) is 0 Å². The van der Waals surface area contributed by atoms with E-state index in [2.05, 4.69) is 0 Å². The first-order valence-corrected chi connectivity index (χ1v) is 5.96. The molecule has 0 aromatic heterocycles. The molecule has 16 heavy (non-hydrogen) atoms. The second-order valence-electron chi connectivity index (χ2n) is 4.86. The molecule has 0 aromatic rings. The number of ether oxygens (including phenoxy) is 1. The minimum Gasteiger partial charge on any atom is -0.394 e. The predicted molar refractivity (Wildman–Crippen MR) is 55.5 cm³/mol. The van der Waals surface area contributed by atoms with Gasteiger partial charge in [-0.2, -0.15) is 0 Å². The standard InChI is InChI=1S/C11H20O5/c12-6-8-9(13)10(14)11(15,16-8)7-4-2-1-3-5-7/h7-10,12-15H,1-6H2/t8-,9+,10-,11?/m1/s1. The lowest BCUT2D eigenvalue weighted by atomic mass is 9.80. The second-order valence-corrected chi connectivity index (χ2v) is 4.86. The van der Waals surface area contributed by atoms with Gasteiger partial charge in [-0.05, 0) is 12.8 Å². The average molecular weight is 232 g/mol. The van der Waals surface area contributed by atoms with E-state index in [0.717, 1.165) is 32.1 Å². The molecule has 0 bridgehead atoms. The molecule has 0 amide bonds. The van der Waals surface area contributed by atoms with Crippen LogP contribution >= 0.6 is 0 Å². The van der Waals surface area contributed by atoms with Crippen molar-refractivity contribution >= 4 is 0 Å². The van der Waals surface area contributed by atoms with Crippen molar-refractivity contribution in [3.8, 4) is 0 Å². The number of rotatable bonds is 2. The third-order valence-corrected chi connectivity index (χ3v) is 3.84. The lowest BCUT2D eigenvalue weighted by Gasteiger charge is -2.36. The minimum absolute atomic E-state index is 0.151. The zero-order chi connectivity index (χ0) is 11.8. The maximum absolute atomic E-state index is 10.3. The molecule has 1 aliphatic carbocycles. The van der Waals surface area contributed by atoms with E-state index in [1.54, 1.807) is 0 Å². The van der Waals surface area contributed by atoms with Crippen LogP contribution in [0.25, 0.3) is 0 Å². The first-order valence-electron chi connectivity index (χ1n) is 5.96. The summed E-state index contributed by atoms with van der Waals surface area (Å²) in [7, 11) is 0. The van der Waals surface area contributed by atoms with Gasteiger partial charge in [0.05, 0.1) is 6.61 Å². The lowest BCUT2D eigenvalue weighted by molar-refractivity contribution is -0.265. The van der Waals surface area contributed by atoms with Gasteiger partial charge in [-0.1, -0.05) is 19.3 Å². The maximum atomic E-state index is 10.3. The van der Waals surface area contributed by atoms with Crippen molar-refractivity contribution < 1.29 is 25.2 Å². The Labute approximate surface area is 94.7 Å². The second kappa shape index (κ2) is 4.58. The summed E-state index contributed by atoms with van der Waals surface area (Å²) in [6, 6.07) is 0. The zero-order valence-electron chi connectivity index (χ0n) is 9.25. The summed E-state index contributed by atoms with van der Waals surface area (Å²) >= 11 is 0. The van der Waals surface area contributed by atoms with Crippen molar-refractivity contribution in [3.05, 3.63) is 0 Å². The van der Waals surface area contributed by atoms with Crippen LogP contribution in [0.15, 0.2) is 0 Å². The first kappa shape index (κ1) is 12.3. The van der Waals surface area contributed by atoms with Crippen molar-refractivity contribution in [2.24, 2.45) is 5.92 Å². The fourth-order valence-electron chi connectivity index (χ4n) is 2.83. The summed E-state index contributed by atoms with van der Waals surface area (Å²) in [6.45, 7) is -0.396. The van der Waals surface area contributed by atoms with Gasteiger partial charge in [-0.15, -0.1) is 0 Å². The van der Waals surface area contributed by atoms with E-state index in [4.69, 9.17) is 9.84 Å². The van der Waals surface area contributed by atoms with Gasteiger partial charge in [0.25, 0.3) is 0 Å². The van der Waals surface area contributed by atoms with Crippen LogP contribution in [0, 0.1) is 5.92 Å². The molecule has 4 N–H and O–H groups in total. The van der Waals surface area contributed by atoms with Gasteiger partial charge >= 0.3 is 0 Å². The van der Waals surface area contributed by atoms with Crippen LogP contribution in [0.3, 0.4) is 0 Å². The molecule has 1 unspecified atom stereocenters. The molecule has 0 aromatic carbocycles. The topological polar surface area (TPSA) is 90.2 Å². The van der Waals surface area contributed by atoms with E-state index in [9.17, 15) is 15.3 Å². The van der Waals surface area contributed by atoms with E-state index < -0.39 is 30.7 Å². The van der Waals surface area contributed by atoms with Crippen LogP contribution in [-0.2, 0) is 4.74 Å². The van der Waals surface area contributed by atoms with Crippen LogP contribution in [-0.4, -0.2) is 51.1 Å². The first-order chi connectivity index (χ1) is 7.59. The molecule has 0 spiro atoms.